The number of esters is 1. The van der Waals surface area contributed by atoms with Crippen molar-refractivity contribution in [3.63, 3.8) is 0 Å². The molecule has 1 heterocycles. The van der Waals surface area contributed by atoms with E-state index in [1.165, 1.54) is 6.42 Å². The molecule has 0 radical (unpaired) electrons. The van der Waals surface area contributed by atoms with Crippen LogP contribution in [0.5, 0.6) is 5.75 Å². The van der Waals surface area contributed by atoms with Crippen molar-refractivity contribution >= 4 is 35.3 Å². The Morgan fingerprint density at radius 2 is 1.89 bits per heavy atom. The third kappa shape index (κ3) is 4.52. The summed E-state index contributed by atoms with van der Waals surface area (Å²) < 4.78 is 10.2. The lowest BCUT2D eigenvalue weighted by molar-refractivity contribution is -0.145. The zero-order valence-electron chi connectivity index (χ0n) is 16.3. The van der Waals surface area contributed by atoms with Gasteiger partial charge >= 0.3 is 5.97 Å². The number of carbonyl (C=O) groups is 2. The van der Waals surface area contributed by atoms with Crippen molar-refractivity contribution in [2.75, 3.05) is 20.3 Å². The van der Waals surface area contributed by atoms with Crippen LogP contribution in [0.2, 0.25) is 0 Å². The van der Waals surface area contributed by atoms with Crippen LogP contribution in [0, 0.1) is 0 Å². The number of thiocarbonyl (C=S) groups is 1. The van der Waals surface area contributed by atoms with Crippen LogP contribution in [-0.4, -0.2) is 53.1 Å². The van der Waals surface area contributed by atoms with Crippen molar-refractivity contribution in [3.05, 3.63) is 35.5 Å². The predicted molar refractivity (Wildman–Crippen MR) is 111 cm³/mol. The van der Waals surface area contributed by atoms with Crippen molar-refractivity contribution in [1.29, 1.82) is 0 Å². The first-order chi connectivity index (χ1) is 13.5. The van der Waals surface area contributed by atoms with E-state index in [0.717, 1.165) is 31.2 Å². The van der Waals surface area contributed by atoms with E-state index in [9.17, 15) is 9.59 Å². The van der Waals surface area contributed by atoms with Gasteiger partial charge in [0.25, 0.3) is 5.91 Å². The van der Waals surface area contributed by atoms with Gasteiger partial charge in [0.05, 0.1) is 6.61 Å². The molecule has 2 fully saturated rings. The van der Waals surface area contributed by atoms with E-state index in [-0.39, 0.29) is 18.6 Å². The fourth-order valence-corrected chi connectivity index (χ4v) is 3.93. The summed E-state index contributed by atoms with van der Waals surface area (Å²) in [7, 11) is 1.84. The Kier molecular flexibility index (Phi) is 6.67. The van der Waals surface area contributed by atoms with Crippen LogP contribution in [0.25, 0.3) is 6.08 Å². The summed E-state index contributed by atoms with van der Waals surface area (Å²) in [6.07, 6.45) is 7.39. The molecule has 0 bridgehead atoms. The number of likely N-dealkylation sites (N-methyl/N-ethyl adjacent to an activating group) is 1. The highest BCUT2D eigenvalue weighted by Crippen LogP contribution is 2.30. The first-order valence-electron chi connectivity index (χ1n) is 9.72. The maximum Gasteiger partial charge on any atom is 0.344 e. The molecule has 0 unspecified atom stereocenters. The van der Waals surface area contributed by atoms with Gasteiger partial charge in [-0.2, -0.15) is 0 Å². The second-order valence-electron chi connectivity index (χ2n) is 7.00. The van der Waals surface area contributed by atoms with E-state index in [1.807, 2.05) is 25.3 Å². The predicted octanol–water partition coefficient (Wildman–Crippen LogP) is 3.36. The average Bonchev–Trinajstić information content (AvgIpc) is 2.91. The van der Waals surface area contributed by atoms with E-state index in [4.69, 9.17) is 21.7 Å². The summed E-state index contributed by atoms with van der Waals surface area (Å²) in [5, 5.41) is 0.581. The highest BCUT2D eigenvalue weighted by molar-refractivity contribution is 7.80. The molecule has 1 amide bonds. The molecular formula is C21H26N2O4S. The molecule has 1 saturated heterocycles. The number of carbonyl (C=O) groups excluding carboxylic acids is 2. The van der Waals surface area contributed by atoms with Gasteiger partial charge in [-0.3, -0.25) is 9.69 Å². The Morgan fingerprint density at radius 1 is 1.21 bits per heavy atom. The number of ether oxygens (including phenoxy) is 2. The van der Waals surface area contributed by atoms with E-state index in [0.29, 0.717) is 23.2 Å². The molecule has 0 N–H and O–H groups in total. The molecule has 6 nitrogen and oxygen atoms in total. The molecule has 1 aromatic carbocycles. The molecule has 1 aliphatic carbocycles. The molecule has 150 valence electrons. The molecule has 1 aliphatic heterocycles. The van der Waals surface area contributed by atoms with Crippen molar-refractivity contribution in [3.8, 4) is 5.75 Å². The van der Waals surface area contributed by atoms with Gasteiger partial charge in [-0.1, -0.05) is 31.4 Å². The number of rotatable bonds is 6. The van der Waals surface area contributed by atoms with Crippen LogP contribution in [0.3, 0.4) is 0 Å². The number of hydrogen-bond donors (Lipinski definition) is 0. The standard InChI is InChI=1S/C21H26N2O4S/c1-3-26-19(24)14-27-17-11-9-15(10-12-17)13-18-20(25)23(21(28)22(18)2)16-7-5-4-6-8-16/h9-13,16H,3-8,14H2,1-2H3/b18-13-. The first-order valence-corrected chi connectivity index (χ1v) is 10.1. The lowest BCUT2D eigenvalue weighted by Crippen LogP contribution is -2.41. The number of benzene rings is 1. The second kappa shape index (κ2) is 9.19. The molecule has 0 aromatic heterocycles. The number of amides is 1. The minimum atomic E-state index is -0.400. The molecule has 7 heteroatoms. The van der Waals surface area contributed by atoms with Crippen molar-refractivity contribution in [2.24, 2.45) is 0 Å². The normalized spacial score (nSPS) is 19.4. The smallest absolute Gasteiger partial charge is 0.344 e. The zero-order valence-corrected chi connectivity index (χ0v) is 17.2. The van der Waals surface area contributed by atoms with Crippen molar-refractivity contribution in [2.45, 2.75) is 45.1 Å². The Balaban J connectivity index is 1.69. The topological polar surface area (TPSA) is 59.1 Å². The monoisotopic (exact) mass is 402 g/mol. The summed E-state index contributed by atoms with van der Waals surface area (Å²) in [6, 6.07) is 7.44. The molecule has 0 spiro atoms. The molecular weight excluding hydrogens is 376 g/mol. The largest absolute Gasteiger partial charge is 0.482 e. The average molecular weight is 403 g/mol. The van der Waals surface area contributed by atoms with Crippen LogP contribution in [0.15, 0.2) is 30.0 Å². The van der Waals surface area contributed by atoms with Crippen LogP contribution in [0.1, 0.15) is 44.6 Å². The third-order valence-corrected chi connectivity index (χ3v) is 5.55. The number of nitrogens with zero attached hydrogens (tertiary/aromatic N) is 2. The Labute approximate surface area is 171 Å². The van der Waals surface area contributed by atoms with Crippen LogP contribution in [0.4, 0.5) is 0 Å². The summed E-state index contributed by atoms with van der Waals surface area (Å²) in [5.41, 5.74) is 1.45. The third-order valence-electron chi connectivity index (χ3n) is 5.08. The minimum absolute atomic E-state index is 0.0259. The van der Waals surface area contributed by atoms with Gasteiger partial charge in [-0.05, 0) is 55.8 Å². The van der Waals surface area contributed by atoms with Gasteiger partial charge in [0.1, 0.15) is 11.4 Å². The zero-order chi connectivity index (χ0) is 20.1. The van der Waals surface area contributed by atoms with Gasteiger partial charge in [-0.25, -0.2) is 4.79 Å². The molecule has 2 aliphatic rings. The fourth-order valence-electron chi connectivity index (χ4n) is 3.60. The lowest BCUT2D eigenvalue weighted by Gasteiger charge is -2.30. The van der Waals surface area contributed by atoms with Gasteiger partial charge < -0.3 is 14.4 Å². The highest BCUT2D eigenvalue weighted by atomic mass is 32.1. The van der Waals surface area contributed by atoms with E-state index < -0.39 is 5.97 Å². The van der Waals surface area contributed by atoms with E-state index >= 15 is 0 Å². The second-order valence-corrected chi connectivity index (χ2v) is 7.37. The Hall–Kier alpha value is -2.41. The summed E-state index contributed by atoms with van der Waals surface area (Å²) >= 11 is 5.54. The highest BCUT2D eigenvalue weighted by Gasteiger charge is 2.40. The van der Waals surface area contributed by atoms with Gasteiger partial charge in [0, 0.05) is 13.1 Å². The summed E-state index contributed by atoms with van der Waals surface area (Å²) in [6.45, 7) is 1.96. The van der Waals surface area contributed by atoms with Crippen molar-refractivity contribution in [1.82, 2.24) is 9.80 Å². The van der Waals surface area contributed by atoms with Gasteiger partial charge in [-0.15, -0.1) is 0 Å². The maximum atomic E-state index is 13.0. The van der Waals surface area contributed by atoms with E-state index in [1.54, 1.807) is 28.9 Å². The molecule has 1 aromatic rings. The summed E-state index contributed by atoms with van der Waals surface area (Å²) in [4.78, 5) is 27.9. The maximum absolute atomic E-state index is 13.0. The summed E-state index contributed by atoms with van der Waals surface area (Å²) in [5.74, 6) is 0.144. The van der Waals surface area contributed by atoms with Crippen molar-refractivity contribution < 1.29 is 19.1 Å². The SMILES string of the molecule is CCOC(=O)COc1ccc(/C=C2/C(=O)N(C3CCCCC3)C(=S)N2C)cc1. The molecule has 28 heavy (non-hydrogen) atoms. The Bertz CT molecular complexity index is 769. The van der Waals surface area contributed by atoms with Gasteiger partial charge in [0.15, 0.2) is 11.7 Å². The Morgan fingerprint density at radius 3 is 2.54 bits per heavy atom. The van der Waals surface area contributed by atoms with E-state index in [2.05, 4.69) is 0 Å². The van der Waals surface area contributed by atoms with Gasteiger partial charge in [0.2, 0.25) is 0 Å². The van der Waals surface area contributed by atoms with Crippen LogP contribution in [-0.2, 0) is 14.3 Å². The molecule has 1 saturated carbocycles. The quantitative estimate of drug-likeness (QED) is 0.413. The molecule has 3 rings (SSSR count). The van der Waals surface area contributed by atoms with Crippen LogP contribution < -0.4 is 4.74 Å². The first kappa shape index (κ1) is 20.3. The number of hydrogen-bond acceptors (Lipinski definition) is 5. The minimum Gasteiger partial charge on any atom is -0.482 e. The molecule has 0 atom stereocenters. The fraction of sp³-hybridized carbons (Fsp3) is 0.476. The lowest BCUT2D eigenvalue weighted by atomic mass is 9.94. The van der Waals surface area contributed by atoms with Crippen LogP contribution >= 0.6 is 12.2 Å².